The van der Waals surface area contributed by atoms with Crippen LogP contribution in [0.3, 0.4) is 0 Å². The third kappa shape index (κ3) is 4.45. The Balaban J connectivity index is 1.94. The monoisotopic (exact) mass is 316 g/mol. The van der Waals surface area contributed by atoms with Gasteiger partial charge in [-0.3, -0.25) is 0 Å². The fourth-order valence-corrected chi connectivity index (χ4v) is 4.87. The first-order valence-electron chi connectivity index (χ1n) is 6.12. The zero-order valence-electron chi connectivity index (χ0n) is 10.6. The molecule has 0 aliphatic rings. The molecule has 1 heterocycles. The Morgan fingerprint density at radius 2 is 2.11 bits per heavy atom. The van der Waals surface area contributed by atoms with Crippen molar-refractivity contribution in [2.45, 2.75) is 30.5 Å². The lowest BCUT2D eigenvalue weighted by Crippen LogP contribution is -2.19. The van der Waals surface area contributed by atoms with Crippen LogP contribution in [0, 0.1) is 0 Å². The van der Waals surface area contributed by atoms with Gasteiger partial charge in [-0.25, -0.2) is 13.4 Å². The Morgan fingerprint density at radius 3 is 2.84 bits per heavy atom. The molecule has 0 atom stereocenters. The van der Waals surface area contributed by atoms with Gasteiger partial charge in [-0.15, -0.1) is 11.3 Å². The molecule has 0 saturated carbocycles. The average Bonchev–Trinajstić information content (AvgIpc) is 2.79. The van der Waals surface area contributed by atoms with Gasteiger partial charge in [-0.2, -0.15) is 4.13 Å². The van der Waals surface area contributed by atoms with E-state index in [1.165, 1.54) is 11.3 Å². The van der Waals surface area contributed by atoms with Gasteiger partial charge in [-0.1, -0.05) is 31.9 Å². The number of fused-ring (bicyclic) bond motifs is 1. The van der Waals surface area contributed by atoms with E-state index in [0.717, 1.165) is 39.3 Å². The van der Waals surface area contributed by atoms with Crippen molar-refractivity contribution < 1.29 is 8.42 Å². The number of hydrogen-bond donors (Lipinski definition) is 1. The highest BCUT2D eigenvalue weighted by Crippen LogP contribution is 2.28. The van der Waals surface area contributed by atoms with Gasteiger partial charge in [-0.05, 0) is 18.6 Å². The number of para-hydroxylation sites is 1. The summed E-state index contributed by atoms with van der Waals surface area (Å²) >= 11 is 2.57. The molecular weight excluding hydrogens is 300 g/mol. The molecule has 0 bridgehead atoms. The Kier molecular flexibility index (Phi) is 5.20. The maximum atomic E-state index is 11.7. The first-order valence-corrected chi connectivity index (χ1v) is 9.41. The molecule has 0 radical (unpaired) electrons. The predicted octanol–water partition coefficient (Wildman–Crippen LogP) is 3.41. The van der Waals surface area contributed by atoms with E-state index in [4.69, 9.17) is 0 Å². The van der Waals surface area contributed by atoms with E-state index in [-0.39, 0.29) is 5.75 Å². The quantitative estimate of drug-likeness (QED) is 0.628. The summed E-state index contributed by atoms with van der Waals surface area (Å²) in [5.41, 5.74) is 0.903. The molecule has 0 unspecified atom stereocenters. The molecular formula is C12H16N2O2S3. The second kappa shape index (κ2) is 6.69. The number of hydrogen-bond acceptors (Lipinski definition) is 5. The highest BCUT2D eigenvalue weighted by atomic mass is 32.3. The van der Waals surface area contributed by atoms with E-state index in [1.807, 2.05) is 24.3 Å². The van der Waals surface area contributed by atoms with Gasteiger partial charge < -0.3 is 0 Å². The van der Waals surface area contributed by atoms with Crippen molar-refractivity contribution in [3.05, 3.63) is 24.3 Å². The van der Waals surface area contributed by atoms with Crippen LogP contribution in [0.1, 0.15) is 26.2 Å². The van der Waals surface area contributed by atoms with Crippen LogP contribution in [-0.4, -0.2) is 19.2 Å². The second-order valence-corrected chi connectivity index (χ2v) is 8.34. The Labute approximate surface area is 121 Å². The lowest BCUT2D eigenvalue weighted by molar-refractivity contribution is 0.589. The third-order valence-electron chi connectivity index (χ3n) is 2.55. The number of rotatable bonds is 7. The topological polar surface area (TPSA) is 59.1 Å². The minimum atomic E-state index is -3.21. The van der Waals surface area contributed by atoms with Gasteiger partial charge in [0.2, 0.25) is 10.0 Å². The number of sulfonamides is 1. The first-order chi connectivity index (χ1) is 9.11. The lowest BCUT2D eigenvalue weighted by Gasteiger charge is -2.03. The van der Waals surface area contributed by atoms with Crippen LogP contribution in [0.5, 0.6) is 0 Å². The zero-order chi connectivity index (χ0) is 13.7. The maximum Gasteiger partial charge on any atom is 0.221 e. The lowest BCUT2D eigenvalue weighted by atomic mass is 10.3. The fraction of sp³-hybridized carbons (Fsp3) is 0.417. The molecule has 0 saturated heterocycles. The Bertz CT molecular complexity index is 604. The largest absolute Gasteiger partial charge is 0.228 e. The summed E-state index contributed by atoms with van der Waals surface area (Å²) in [5.74, 6) is 0.179. The van der Waals surface area contributed by atoms with Crippen molar-refractivity contribution in [1.82, 2.24) is 9.11 Å². The Morgan fingerprint density at radius 1 is 1.32 bits per heavy atom. The van der Waals surface area contributed by atoms with Crippen molar-refractivity contribution in [1.29, 1.82) is 0 Å². The van der Waals surface area contributed by atoms with Gasteiger partial charge in [0, 0.05) is 11.9 Å². The summed E-state index contributed by atoms with van der Waals surface area (Å²) in [5, 5.41) is 0. The molecule has 4 nitrogen and oxygen atoms in total. The zero-order valence-corrected chi connectivity index (χ0v) is 13.1. The van der Waals surface area contributed by atoms with E-state index >= 15 is 0 Å². The van der Waals surface area contributed by atoms with Crippen molar-refractivity contribution >= 4 is 43.5 Å². The van der Waals surface area contributed by atoms with E-state index in [0.29, 0.717) is 6.42 Å². The molecule has 1 N–H and O–H groups in total. The highest BCUT2D eigenvalue weighted by molar-refractivity contribution is 8.10. The van der Waals surface area contributed by atoms with E-state index in [1.54, 1.807) is 0 Å². The molecule has 0 spiro atoms. The van der Waals surface area contributed by atoms with E-state index in [9.17, 15) is 8.42 Å². The SMILES string of the molecule is CCCCCS(=O)(=O)NSc1nc2ccccc2s1. The molecule has 7 heteroatoms. The van der Waals surface area contributed by atoms with Gasteiger partial charge in [0.05, 0.1) is 16.0 Å². The molecule has 1 aromatic carbocycles. The number of unbranched alkanes of at least 4 members (excludes halogenated alkanes) is 2. The van der Waals surface area contributed by atoms with Crippen LogP contribution in [0.2, 0.25) is 0 Å². The summed E-state index contributed by atoms with van der Waals surface area (Å²) in [4.78, 5) is 4.37. The summed E-state index contributed by atoms with van der Waals surface area (Å²) in [6.07, 6.45) is 2.65. The fourth-order valence-electron chi connectivity index (χ4n) is 1.58. The Hall–Kier alpha value is -0.630. The van der Waals surface area contributed by atoms with E-state index < -0.39 is 10.0 Å². The molecule has 0 aliphatic carbocycles. The van der Waals surface area contributed by atoms with Crippen LogP contribution in [0.15, 0.2) is 28.6 Å². The summed E-state index contributed by atoms with van der Waals surface area (Å²) in [6.45, 7) is 2.05. The van der Waals surface area contributed by atoms with E-state index in [2.05, 4.69) is 16.0 Å². The smallest absolute Gasteiger partial charge is 0.221 e. The van der Waals surface area contributed by atoms with Crippen molar-refractivity contribution in [3.63, 3.8) is 0 Å². The average molecular weight is 316 g/mol. The van der Waals surface area contributed by atoms with Crippen molar-refractivity contribution in [3.8, 4) is 0 Å². The number of thiazole rings is 1. The first kappa shape index (κ1) is 14.8. The number of nitrogens with zero attached hydrogens (tertiary/aromatic N) is 1. The maximum absolute atomic E-state index is 11.7. The standard InChI is InChI=1S/C12H16N2O2S3/c1-2-3-6-9-19(15,16)14-18-12-13-10-7-4-5-8-11(10)17-12/h4-5,7-8,14H,2-3,6,9H2,1H3. The summed E-state index contributed by atoms with van der Waals surface area (Å²) in [7, 11) is -3.21. The molecule has 2 rings (SSSR count). The third-order valence-corrected chi connectivity index (χ3v) is 6.32. The van der Waals surface area contributed by atoms with Gasteiger partial charge >= 0.3 is 0 Å². The van der Waals surface area contributed by atoms with Crippen LogP contribution >= 0.6 is 23.3 Å². The number of benzene rings is 1. The van der Waals surface area contributed by atoms with Gasteiger partial charge in [0.15, 0.2) is 4.34 Å². The van der Waals surface area contributed by atoms with Crippen LogP contribution in [0.25, 0.3) is 10.2 Å². The molecule has 0 aliphatic heterocycles. The molecule has 2 aromatic rings. The molecule has 0 amide bonds. The molecule has 0 fully saturated rings. The summed E-state index contributed by atoms with van der Waals surface area (Å²) in [6, 6.07) is 7.77. The van der Waals surface area contributed by atoms with Crippen LogP contribution < -0.4 is 4.13 Å². The predicted molar refractivity (Wildman–Crippen MR) is 81.9 cm³/mol. The van der Waals surface area contributed by atoms with Crippen molar-refractivity contribution in [2.24, 2.45) is 0 Å². The van der Waals surface area contributed by atoms with Gasteiger partial charge in [0.25, 0.3) is 0 Å². The normalized spacial score (nSPS) is 12.1. The molecule has 1 aromatic heterocycles. The molecule has 104 valence electrons. The van der Waals surface area contributed by atoms with Gasteiger partial charge in [0.1, 0.15) is 0 Å². The van der Waals surface area contributed by atoms with Crippen molar-refractivity contribution in [2.75, 3.05) is 5.75 Å². The number of aromatic nitrogens is 1. The second-order valence-electron chi connectivity index (χ2n) is 4.16. The van der Waals surface area contributed by atoms with Crippen LogP contribution in [-0.2, 0) is 10.0 Å². The van der Waals surface area contributed by atoms with Crippen LogP contribution in [0.4, 0.5) is 0 Å². The summed E-state index contributed by atoms with van der Waals surface area (Å²) < 4.78 is 27.8. The highest BCUT2D eigenvalue weighted by Gasteiger charge is 2.12. The number of nitrogens with one attached hydrogen (secondary N) is 1. The minimum Gasteiger partial charge on any atom is -0.228 e. The minimum absolute atomic E-state index is 0.179. The molecule has 19 heavy (non-hydrogen) atoms.